The van der Waals surface area contributed by atoms with Crippen LogP contribution in [0.3, 0.4) is 0 Å². The van der Waals surface area contributed by atoms with E-state index in [0.29, 0.717) is 50.8 Å². The van der Waals surface area contributed by atoms with E-state index in [1.807, 2.05) is 41.8 Å². The fourth-order valence-electron chi connectivity index (χ4n) is 4.33. The molecule has 0 aliphatic carbocycles. The molecule has 2 aliphatic heterocycles. The Morgan fingerprint density at radius 3 is 2.53 bits per heavy atom. The SMILES string of the molecule is Cc1nc2ccc(C(=O)N3CCC[C@@H](CCC(=O)N4CCOCC4)C3)cc2nc1C. The smallest absolute Gasteiger partial charge is 0.253 e. The molecule has 30 heavy (non-hydrogen) atoms. The minimum Gasteiger partial charge on any atom is -0.378 e. The quantitative estimate of drug-likeness (QED) is 0.775. The van der Waals surface area contributed by atoms with Gasteiger partial charge in [0.2, 0.25) is 5.91 Å². The molecule has 2 fully saturated rings. The standard InChI is InChI=1S/C23H30N4O3/c1-16-17(2)25-21-14-19(6-7-20(21)24-16)23(29)27-9-3-4-18(15-27)5-8-22(28)26-10-12-30-13-11-26/h6-7,14,18H,3-5,8-13,15H2,1-2H3/t18-/m0/s1. The Hall–Kier alpha value is -2.54. The Bertz CT molecular complexity index is 939. The second-order valence-electron chi connectivity index (χ2n) is 8.39. The number of morpholine rings is 1. The lowest BCUT2D eigenvalue weighted by Gasteiger charge is -2.33. The lowest BCUT2D eigenvalue weighted by Crippen LogP contribution is -2.42. The highest BCUT2D eigenvalue weighted by atomic mass is 16.5. The Kier molecular flexibility index (Phi) is 6.27. The number of aryl methyl sites for hydroxylation is 2. The maximum Gasteiger partial charge on any atom is 0.253 e. The zero-order valence-electron chi connectivity index (χ0n) is 17.9. The van der Waals surface area contributed by atoms with E-state index in [2.05, 4.69) is 9.97 Å². The van der Waals surface area contributed by atoms with Crippen molar-refractivity contribution in [1.82, 2.24) is 19.8 Å². The number of nitrogens with zero attached hydrogens (tertiary/aromatic N) is 4. The van der Waals surface area contributed by atoms with Crippen molar-refractivity contribution in [3.63, 3.8) is 0 Å². The average Bonchev–Trinajstić information content (AvgIpc) is 2.78. The maximum atomic E-state index is 13.1. The van der Waals surface area contributed by atoms with Crippen LogP contribution in [0.1, 0.15) is 47.4 Å². The van der Waals surface area contributed by atoms with Crippen molar-refractivity contribution < 1.29 is 14.3 Å². The number of carbonyl (C=O) groups is 2. The van der Waals surface area contributed by atoms with Crippen molar-refractivity contribution in [3.8, 4) is 0 Å². The summed E-state index contributed by atoms with van der Waals surface area (Å²) >= 11 is 0. The largest absolute Gasteiger partial charge is 0.378 e. The third-order valence-corrected chi connectivity index (χ3v) is 6.26. The van der Waals surface area contributed by atoms with Crippen LogP contribution in [-0.4, -0.2) is 71.0 Å². The molecule has 2 amide bonds. The van der Waals surface area contributed by atoms with Crippen LogP contribution in [0.2, 0.25) is 0 Å². The van der Waals surface area contributed by atoms with Gasteiger partial charge in [0.15, 0.2) is 0 Å². The molecule has 0 saturated carbocycles. The summed E-state index contributed by atoms with van der Waals surface area (Å²) in [4.78, 5) is 38.5. The zero-order valence-corrected chi connectivity index (χ0v) is 17.9. The van der Waals surface area contributed by atoms with Gasteiger partial charge in [0.1, 0.15) is 0 Å². The van der Waals surface area contributed by atoms with Gasteiger partial charge in [0.25, 0.3) is 5.91 Å². The molecule has 0 bridgehead atoms. The minimum atomic E-state index is 0.0427. The van der Waals surface area contributed by atoms with E-state index in [-0.39, 0.29) is 11.8 Å². The summed E-state index contributed by atoms with van der Waals surface area (Å²) in [6.07, 6.45) is 3.44. The lowest BCUT2D eigenvalue weighted by atomic mass is 9.92. The fourth-order valence-corrected chi connectivity index (χ4v) is 4.33. The van der Waals surface area contributed by atoms with Crippen LogP contribution in [0.4, 0.5) is 0 Å². The third-order valence-electron chi connectivity index (χ3n) is 6.26. The molecule has 7 nitrogen and oxygen atoms in total. The van der Waals surface area contributed by atoms with Crippen molar-refractivity contribution in [2.75, 3.05) is 39.4 Å². The van der Waals surface area contributed by atoms with E-state index in [1.165, 1.54) is 0 Å². The lowest BCUT2D eigenvalue weighted by molar-refractivity contribution is -0.135. The molecule has 4 rings (SSSR count). The van der Waals surface area contributed by atoms with E-state index in [9.17, 15) is 9.59 Å². The first-order valence-corrected chi connectivity index (χ1v) is 10.9. The number of ether oxygens (including phenoxy) is 1. The Morgan fingerprint density at radius 2 is 1.77 bits per heavy atom. The Labute approximate surface area is 177 Å². The summed E-state index contributed by atoms with van der Waals surface area (Å²) in [5, 5.41) is 0. The summed E-state index contributed by atoms with van der Waals surface area (Å²) < 4.78 is 5.32. The van der Waals surface area contributed by atoms with Crippen LogP contribution in [0.5, 0.6) is 0 Å². The molecule has 0 radical (unpaired) electrons. The Morgan fingerprint density at radius 1 is 1.03 bits per heavy atom. The summed E-state index contributed by atoms with van der Waals surface area (Å²) in [6, 6.07) is 5.58. The molecule has 1 atom stereocenters. The predicted molar refractivity (Wildman–Crippen MR) is 114 cm³/mol. The van der Waals surface area contributed by atoms with Gasteiger partial charge in [-0.25, -0.2) is 9.97 Å². The normalized spacial score (nSPS) is 19.9. The molecule has 0 unspecified atom stereocenters. The summed E-state index contributed by atoms with van der Waals surface area (Å²) in [6.45, 7) is 8.01. The average molecular weight is 411 g/mol. The number of fused-ring (bicyclic) bond motifs is 1. The van der Waals surface area contributed by atoms with Crippen LogP contribution in [0, 0.1) is 19.8 Å². The van der Waals surface area contributed by atoms with Crippen molar-refractivity contribution in [3.05, 3.63) is 35.2 Å². The monoisotopic (exact) mass is 410 g/mol. The van der Waals surface area contributed by atoms with Gasteiger partial charge in [-0.05, 0) is 57.2 Å². The van der Waals surface area contributed by atoms with Gasteiger partial charge in [0, 0.05) is 38.2 Å². The first kappa shape index (κ1) is 20.7. The minimum absolute atomic E-state index is 0.0427. The number of rotatable bonds is 4. The van der Waals surface area contributed by atoms with Crippen molar-refractivity contribution in [1.29, 1.82) is 0 Å². The highest BCUT2D eigenvalue weighted by molar-refractivity contribution is 5.97. The van der Waals surface area contributed by atoms with Crippen LogP contribution in [-0.2, 0) is 9.53 Å². The van der Waals surface area contributed by atoms with Gasteiger partial charge >= 0.3 is 0 Å². The molecule has 2 aromatic rings. The number of amides is 2. The van der Waals surface area contributed by atoms with Gasteiger partial charge in [-0.1, -0.05) is 0 Å². The number of likely N-dealkylation sites (tertiary alicyclic amines) is 1. The first-order valence-electron chi connectivity index (χ1n) is 10.9. The van der Waals surface area contributed by atoms with Crippen molar-refractivity contribution in [2.24, 2.45) is 5.92 Å². The van der Waals surface area contributed by atoms with Gasteiger partial charge < -0.3 is 14.5 Å². The number of carbonyl (C=O) groups excluding carboxylic acids is 2. The molecule has 0 spiro atoms. The summed E-state index contributed by atoms with van der Waals surface area (Å²) in [5.41, 5.74) is 4.02. The number of benzene rings is 1. The predicted octanol–water partition coefficient (Wildman–Crippen LogP) is 2.74. The first-order chi connectivity index (χ1) is 14.5. The molecule has 7 heteroatoms. The summed E-state index contributed by atoms with van der Waals surface area (Å²) in [5.74, 6) is 0.625. The van der Waals surface area contributed by atoms with Gasteiger partial charge in [-0.15, -0.1) is 0 Å². The summed E-state index contributed by atoms with van der Waals surface area (Å²) in [7, 11) is 0. The van der Waals surface area contributed by atoms with Crippen molar-refractivity contribution >= 4 is 22.8 Å². The van der Waals surface area contributed by atoms with Gasteiger partial charge in [-0.2, -0.15) is 0 Å². The molecule has 1 aromatic carbocycles. The molecule has 160 valence electrons. The van der Waals surface area contributed by atoms with Crippen molar-refractivity contribution in [2.45, 2.75) is 39.5 Å². The van der Waals surface area contributed by atoms with E-state index in [0.717, 1.165) is 48.2 Å². The number of aromatic nitrogens is 2. The fraction of sp³-hybridized carbons (Fsp3) is 0.565. The highest BCUT2D eigenvalue weighted by Gasteiger charge is 2.26. The molecule has 3 heterocycles. The van der Waals surface area contributed by atoms with E-state index in [4.69, 9.17) is 4.74 Å². The zero-order chi connectivity index (χ0) is 21.1. The van der Waals surface area contributed by atoms with Crippen LogP contribution < -0.4 is 0 Å². The number of piperidine rings is 1. The van der Waals surface area contributed by atoms with E-state index < -0.39 is 0 Å². The van der Waals surface area contributed by atoms with E-state index >= 15 is 0 Å². The van der Waals surface area contributed by atoms with E-state index in [1.54, 1.807) is 0 Å². The second kappa shape index (κ2) is 9.08. The third kappa shape index (κ3) is 4.61. The molecule has 0 N–H and O–H groups in total. The maximum absolute atomic E-state index is 13.1. The van der Waals surface area contributed by atoms with Crippen LogP contribution in [0.25, 0.3) is 11.0 Å². The number of hydrogen-bond donors (Lipinski definition) is 0. The molecular weight excluding hydrogens is 380 g/mol. The molecule has 2 saturated heterocycles. The molecule has 2 aliphatic rings. The number of hydrogen-bond acceptors (Lipinski definition) is 5. The topological polar surface area (TPSA) is 75.6 Å². The van der Waals surface area contributed by atoms with Crippen LogP contribution >= 0.6 is 0 Å². The second-order valence-corrected chi connectivity index (χ2v) is 8.39. The van der Waals surface area contributed by atoms with Gasteiger partial charge in [0.05, 0.1) is 35.6 Å². The molecule has 1 aromatic heterocycles. The Balaban J connectivity index is 1.37. The van der Waals surface area contributed by atoms with Gasteiger partial charge in [-0.3, -0.25) is 9.59 Å². The molecular formula is C23H30N4O3. The highest BCUT2D eigenvalue weighted by Crippen LogP contribution is 2.24. The van der Waals surface area contributed by atoms with Crippen LogP contribution in [0.15, 0.2) is 18.2 Å².